The van der Waals surface area contributed by atoms with Crippen LogP contribution in [0.4, 0.5) is 5.69 Å². The van der Waals surface area contributed by atoms with Crippen molar-refractivity contribution in [2.45, 2.75) is 51.0 Å². The monoisotopic (exact) mass is 522 g/mol. The van der Waals surface area contributed by atoms with Gasteiger partial charge in [-0.3, -0.25) is 19.7 Å². The molecule has 0 saturated heterocycles. The molecule has 0 atom stereocenters. The second kappa shape index (κ2) is 10.0. The third-order valence-corrected chi connectivity index (χ3v) is 7.61. The van der Waals surface area contributed by atoms with E-state index in [2.05, 4.69) is 4.90 Å². The summed E-state index contributed by atoms with van der Waals surface area (Å²) in [5.41, 5.74) is 4.60. The molecule has 3 aliphatic rings. The number of ketones is 2. The van der Waals surface area contributed by atoms with E-state index < -0.39 is 10.8 Å². The van der Waals surface area contributed by atoms with Gasteiger partial charge < -0.3 is 14.4 Å². The maximum absolute atomic E-state index is 13.2. The van der Waals surface area contributed by atoms with E-state index in [4.69, 9.17) is 21.1 Å². The van der Waals surface area contributed by atoms with E-state index in [1.165, 1.54) is 19.2 Å². The smallest absolute Gasteiger partial charge is 0.269 e. The van der Waals surface area contributed by atoms with Gasteiger partial charge in [0.15, 0.2) is 23.1 Å². The van der Waals surface area contributed by atoms with Crippen LogP contribution in [-0.2, 0) is 16.2 Å². The second-order valence-corrected chi connectivity index (χ2v) is 9.92. The van der Waals surface area contributed by atoms with Gasteiger partial charge in [0.05, 0.1) is 17.1 Å². The molecule has 1 heterocycles. The maximum Gasteiger partial charge on any atom is 0.269 e. The first-order valence-corrected chi connectivity index (χ1v) is 12.7. The van der Waals surface area contributed by atoms with E-state index in [1.807, 2.05) is 7.05 Å². The van der Waals surface area contributed by atoms with Crippen LogP contribution in [0.15, 0.2) is 58.9 Å². The third-order valence-electron chi connectivity index (χ3n) is 7.33. The normalized spacial score (nSPS) is 18.1. The number of halogens is 1. The number of nitro benzene ring substituents is 1. The largest absolute Gasteiger partial charge is 0.493 e. The van der Waals surface area contributed by atoms with Crippen LogP contribution in [-0.4, -0.2) is 35.5 Å². The number of allylic oxidation sites excluding steroid dienone is 4. The first kappa shape index (κ1) is 25.0. The molecule has 9 heteroatoms. The Balaban J connectivity index is 1.55. The average Bonchev–Trinajstić information content (AvgIpc) is 2.89. The van der Waals surface area contributed by atoms with Crippen LogP contribution in [0, 0.1) is 10.1 Å². The van der Waals surface area contributed by atoms with E-state index in [1.54, 1.807) is 24.3 Å². The highest BCUT2D eigenvalue weighted by Crippen LogP contribution is 2.50. The van der Waals surface area contributed by atoms with E-state index >= 15 is 0 Å². The Labute approximate surface area is 219 Å². The molecule has 1 aliphatic heterocycles. The first-order chi connectivity index (χ1) is 17.8. The summed E-state index contributed by atoms with van der Waals surface area (Å²) in [6.07, 6.45) is 4.06. The van der Waals surface area contributed by atoms with Gasteiger partial charge in [-0.05, 0) is 48.9 Å². The molecule has 37 heavy (non-hydrogen) atoms. The molecule has 0 amide bonds. The van der Waals surface area contributed by atoms with Crippen molar-refractivity contribution in [1.82, 2.24) is 4.90 Å². The van der Waals surface area contributed by atoms with Crippen molar-refractivity contribution < 1.29 is 24.0 Å². The minimum absolute atomic E-state index is 0.0285. The number of nitro groups is 1. The zero-order chi connectivity index (χ0) is 26.3. The van der Waals surface area contributed by atoms with Crippen molar-refractivity contribution in [3.05, 3.63) is 85.2 Å². The Morgan fingerprint density at radius 2 is 1.68 bits per heavy atom. The lowest BCUT2D eigenvalue weighted by molar-refractivity contribution is -0.384. The van der Waals surface area contributed by atoms with Crippen LogP contribution in [0.25, 0.3) is 0 Å². The van der Waals surface area contributed by atoms with Crippen LogP contribution >= 0.6 is 11.6 Å². The number of hydrogen-bond donors (Lipinski definition) is 0. The number of carbonyl (C=O) groups excluding carboxylic acids is 2. The highest BCUT2D eigenvalue weighted by atomic mass is 35.5. The molecule has 0 bridgehead atoms. The topological polar surface area (TPSA) is 99.0 Å². The number of carbonyl (C=O) groups is 2. The van der Waals surface area contributed by atoms with Crippen molar-refractivity contribution in [2.24, 2.45) is 0 Å². The summed E-state index contributed by atoms with van der Waals surface area (Å²) in [4.78, 5) is 39.2. The molecule has 0 radical (unpaired) electrons. The zero-order valence-corrected chi connectivity index (χ0v) is 21.5. The van der Waals surface area contributed by atoms with Gasteiger partial charge in [0.2, 0.25) is 0 Å². The molecule has 8 nitrogen and oxygen atoms in total. The van der Waals surface area contributed by atoms with Gasteiger partial charge in [0.1, 0.15) is 6.61 Å². The van der Waals surface area contributed by atoms with Gasteiger partial charge in [0.25, 0.3) is 5.69 Å². The lowest BCUT2D eigenvalue weighted by Crippen LogP contribution is -2.37. The molecule has 0 fully saturated rings. The minimum Gasteiger partial charge on any atom is -0.493 e. The minimum atomic E-state index is -0.501. The summed E-state index contributed by atoms with van der Waals surface area (Å²) in [5, 5.41) is 11.4. The van der Waals surface area contributed by atoms with E-state index in [0.717, 1.165) is 37.1 Å². The highest BCUT2D eigenvalue weighted by molar-refractivity contribution is 6.32. The fraction of sp³-hybridized carbons (Fsp3) is 0.357. The Bertz CT molecular complexity index is 1330. The van der Waals surface area contributed by atoms with Crippen LogP contribution in [0.5, 0.6) is 11.5 Å². The van der Waals surface area contributed by atoms with Crippen molar-refractivity contribution in [3.8, 4) is 11.5 Å². The lowest BCUT2D eigenvalue weighted by Gasteiger charge is -2.42. The van der Waals surface area contributed by atoms with Gasteiger partial charge in [-0.1, -0.05) is 23.7 Å². The van der Waals surface area contributed by atoms with Gasteiger partial charge in [-0.15, -0.1) is 0 Å². The fourth-order valence-corrected chi connectivity index (χ4v) is 5.92. The highest BCUT2D eigenvalue weighted by Gasteiger charge is 2.42. The number of hydrogen-bond acceptors (Lipinski definition) is 7. The summed E-state index contributed by atoms with van der Waals surface area (Å²) in [6.45, 7) is 0.0485. The Hall–Kier alpha value is -3.65. The summed E-state index contributed by atoms with van der Waals surface area (Å²) in [7, 11) is 3.45. The molecular formula is C28H27ClN2O6. The maximum atomic E-state index is 13.2. The van der Waals surface area contributed by atoms with Crippen molar-refractivity contribution in [2.75, 3.05) is 14.2 Å². The van der Waals surface area contributed by atoms with Crippen molar-refractivity contribution >= 4 is 28.9 Å². The fourth-order valence-electron chi connectivity index (χ4n) is 5.65. The molecular weight excluding hydrogens is 496 g/mol. The van der Waals surface area contributed by atoms with Gasteiger partial charge in [-0.25, -0.2) is 0 Å². The molecule has 2 aromatic rings. The number of benzene rings is 2. The van der Waals surface area contributed by atoms with Crippen LogP contribution in [0.2, 0.25) is 5.02 Å². The van der Waals surface area contributed by atoms with Crippen molar-refractivity contribution in [3.63, 3.8) is 0 Å². The van der Waals surface area contributed by atoms with E-state index in [9.17, 15) is 19.7 Å². The second-order valence-electron chi connectivity index (χ2n) is 9.52. The third kappa shape index (κ3) is 4.50. The zero-order valence-electron chi connectivity index (χ0n) is 20.7. The molecule has 0 N–H and O–H groups in total. The molecule has 0 aromatic heterocycles. The van der Waals surface area contributed by atoms with Crippen LogP contribution in [0.3, 0.4) is 0 Å². The molecule has 192 valence electrons. The number of ether oxygens (including phenoxy) is 2. The number of rotatable bonds is 6. The van der Waals surface area contributed by atoms with Gasteiger partial charge in [0, 0.05) is 60.5 Å². The Kier molecular flexibility index (Phi) is 6.77. The number of nitrogens with zero attached hydrogens (tertiary/aromatic N) is 2. The molecule has 5 rings (SSSR count). The van der Waals surface area contributed by atoms with Crippen LogP contribution < -0.4 is 9.47 Å². The van der Waals surface area contributed by atoms with E-state index in [0.29, 0.717) is 46.6 Å². The van der Waals surface area contributed by atoms with Crippen LogP contribution in [0.1, 0.15) is 55.6 Å². The number of Topliss-reactive ketones (excluding diaryl/α,β-unsaturated/α-hetero) is 2. The SMILES string of the molecule is COc1cc(C2C3=C(CCCC3=O)N(C)C3=C2C(=O)CCC3)cc(Cl)c1OCc1cccc([N+](=O)[O-])c1. The average molecular weight is 523 g/mol. The molecule has 0 saturated carbocycles. The summed E-state index contributed by atoms with van der Waals surface area (Å²) < 4.78 is 11.6. The van der Waals surface area contributed by atoms with Gasteiger partial charge >= 0.3 is 0 Å². The Morgan fingerprint density at radius 1 is 1.03 bits per heavy atom. The Morgan fingerprint density at radius 3 is 2.27 bits per heavy atom. The molecule has 0 unspecified atom stereocenters. The van der Waals surface area contributed by atoms with Crippen molar-refractivity contribution in [1.29, 1.82) is 0 Å². The number of non-ortho nitro benzene ring substituents is 1. The summed E-state index contributed by atoms with van der Waals surface area (Å²) in [6, 6.07) is 9.70. The summed E-state index contributed by atoms with van der Waals surface area (Å²) >= 11 is 6.71. The quantitative estimate of drug-likeness (QED) is 0.345. The van der Waals surface area contributed by atoms with E-state index in [-0.39, 0.29) is 28.9 Å². The molecule has 2 aromatic carbocycles. The predicted molar refractivity (Wildman–Crippen MR) is 138 cm³/mol. The lowest BCUT2D eigenvalue weighted by atomic mass is 9.71. The predicted octanol–water partition coefficient (Wildman–Crippen LogP) is 5.88. The summed E-state index contributed by atoms with van der Waals surface area (Å²) in [5.74, 6) is 0.274. The molecule has 0 spiro atoms. The standard InChI is InChI=1S/C28H27ClN2O6/c1-30-20-8-4-10-22(32)26(20)25(27-21(30)9-5-11-23(27)33)17-13-19(29)28(24(14-17)36-2)37-15-16-6-3-7-18(12-16)31(34)35/h3,6-7,12-14,25H,4-5,8-11,15H2,1-2H3. The van der Waals surface area contributed by atoms with Gasteiger partial charge in [-0.2, -0.15) is 0 Å². The number of methoxy groups -OCH3 is 1. The molecule has 2 aliphatic carbocycles. The first-order valence-electron chi connectivity index (χ1n) is 12.3.